The third-order valence-electron chi connectivity index (χ3n) is 4.25. The molecule has 0 saturated carbocycles. The number of ether oxygens (including phenoxy) is 1. The fourth-order valence-electron chi connectivity index (χ4n) is 3.23. The van der Waals surface area contributed by atoms with Crippen LogP contribution in [-0.4, -0.2) is 12.2 Å². The highest BCUT2D eigenvalue weighted by Gasteiger charge is 2.17. The average Bonchev–Trinajstić information content (AvgIpc) is 2.60. The smallest absolute Gasteiger partial charge is 0.168 e. The van der Waals surface area contributed by atoms with E-state index < -0.39 is 0 Å². The van der Waals surface area contributed by atoms with E-state index in [4.69, 9.17) is 4.74 Å². The minimum Gasteiger partial charge on any atom is -0.504 e. The Bertz CT molecular complexity index is 1010. The summed E-state index contributed by atoms with van der Waals surface area (Å²) in [7, 11) is 1.60. The van der Waals surface area contributed by atoms with E-state index >= 15 is 0 Å². The Labute approximate surface area is 134 Å². The Morgan fingerprint density at radius 1 is 0.739 bits per heavy atom. The lowest BCUT2D eigenvalue weighted by molar-refractivity contribution is 0.376. The molecule has 4 rings (SSSR count). The number of aromatic hydroxyl groups is 1. The van der Waals surface area contributed by atoms with Crippen molar-refractivity contribution in [3.8, 4) is 22.6 Å². The average molecular weight is 300 g/mol. The Kier molecular flexibility index (Phi) is 3.16. The van der Waals surface area contributed by atoms with Gasteiger partial charge in [0.2, 0.25) is 0 Å². The zero-order valence-corrected chi connectivity index (χ0v) is 12.8. The molecule has 0 saturated heterocycles. The number of methoxy groups -OCH3 is 1. The Morgan fingerprint density at radius 2 is 1.39 bits per heavy atom. The van der Waals surface area contributed by atoms with E-state index in [2.05, 4.69) is 30.3 Å². The normalized spacial score (nSPS) is 11.0. The zero-order valence-electron chi connectivity index (χ0n) is 12.8. The van der Waals surface area contributed by atoms with Crippen molar-refractivity contribution in [1.29, 1.82) is 0 Å². The van der Waals surface area contributed by atoms with Crippen LogP contribution >= 0.6 is 0 Å². The molecule has 0 radical (unpaired) electrons. The van der Waals surface area contributed by atoms with Crippen molar-refractivity contribution in [2.45, 2.75) is 0 Å². The summed E-state index contributed by atoms with van der Waals surface area (Å²) in [5, 5.41) is 14.8. The van der Waals surface area contributed by atoms with Crippen molar-refractivity contribution in [3.63, 3.8) is 0 Å². The second kappa shape index (κ2) is 5.33. The highest BCUT2D eigenvalue weighted by Crippen LogP contribution is 2.45. The Morgan fingerprint density at radius 3 is 2.17 bits per heavy atom. The molecule has 0 spiro atoms. The predicted molar refractivity (Wildman–Crippen MR) is 95.1 cm³/mol. The summed E-state index contributed by atoms with van der Waals surface area (Å²) in [5.74, 6) is 0.675. The van der Waals surface area contributed by atoms with Crippen LogP contribution in [0.4, 0.5) is 0 Å². The van der Waals surface area contributed by atoms with Crippen LogP contribution in [0.2, 0.25) is 0 Å². The molecule has 112 valence electrons. The molecule has 2 heteroatoms. The number of fused-ring (bicyclic) bond motifs is 2. The van der Waals surface area contributed by atoms with Gasteiger partial charge in [0.15, 0.2) is 11.5 Å². The number of benzene rings is 4. The van der Waals surface area contributed by atoms with E-state index in [1.165, 1.54) is 5.39 Å². The second-order valence-electron chi connectivity index (χ2n) is 5.55. The first-order valence-corrected chi connectivity index (χ1v) is 7.56. The fraction of sp³-hybridized carbons (Fsp3) is 0.0476. The summed E-state index contributed by atoms with van der Waals surface area (Å²) in [6.07, 6.45) is 0. The predicted octanol–water partition coefficient (Wildman–Crippen LogP) is 5.37. The molecular weight excluding hydrogens is 284 g/mol. The quantitative estimate of drug-likeness (QED) is 0.539. The molecule has 0 heterocycles. The van der Waals surface area contributed by atoms with E-state index in [0.717, 1.165) is 27.3 Å². The van der Waals surface area contributed by atoms with Gasteiger partial charge in [0.05, 0.1) is 7.11 Å². The third-order valence-corrected chi connectivity index (χ3v) is 4.25. The molecule has 2 nitrogen and oxygen atoms in total. The van der Waals surface area contributed by atoms with E-state index in [1.54, 1.807) is 13.2 Å². The van der Waals surface area contributed by atoms with Crippen LogP contribution in [-0.2, 0) is 0 Å². The van der Waals surface area contributed by atoms with Gasteiger partial charge in [-0.1, -0.05) is 66.7 Å². The molecule has 0 bridgehead atoms. The molecule has 0 amide bonds. The molecule has 0 aromatic heterocycles. The minimum atomic E-state index is 0.161. The van der Waals surface area contributed by atoms with Gasteiger partial charge >= 0.3 is 0 Å². The molecule has 0 fully saturated rings. The minimum absolute atomic E-state index is 0.161. The molecule has 0 aliphatic rings. The summed E-state index contributed by atoms with van der Waals surface area (Å²) in [5.41, 5.74) is 1.99. The maximum Gasteiger partial charge on any atom is 0.168 e. The number of hydrogen-bond acceptors (Lipinski definition) is 2. The lowest BCUT2D eigenvalue weighted by Gasteiger charge is -2.16. The third kappa shape index (κ3) is 2.11. The summed E-state index contributed by atoms with van der Waals surface area (Å²) in [6.45, 7) is 0. The van der Waals surface area contributed by atoms with E-state index in [1.807, 2.05) is 36.4 Å². The van der Waals surface area contributed by atoms with Crippen LogP contribution in [0.5, 0.6) is 11.5 Å². The number of hydrogen-bond donors (Lipinski definition) is 1. The largest absolute Gasteiger partial charge is 0.504 e. The Hall–Kier alpha value is -3.00. The van der Waals surface area contributed by atoms with Gasteiger partial charge in [-0.25, -0.2) is 0 Å². The molecule has 1 N–H and O–H groups in total. The highest BCUT2D eigenvalue weighted by molar-refractivity contribution is 6.08. The monoisotopic (exact) mass is 300 g/mol. The van der Waals surface area contributed by atoms with Gasteiger partial charge in [0.25, 0.3) is 0 Å². The topological polar surface area (TPSA) is 29.5 Å². The first-order chi connectivity index (χ1) is 11.3. The van der Waals surface area contributed by atoms with Crippen molar-refractivity contribution in [1.82, 2.24) is 0 Å². The van der Waals surface area contributed by atoms with Gasteiger partial charge in [-0.05, 0) is 33.2 Å². The summed E-state index contributed by atoms with van der Waals surface area (Å²) >= 11 is 0. The zero-order chi connectivity index (χ0) is 15.8. The van der Waals surface area contributed by atoms with Gasteiger partial charge in [-0.15, -0.1) is 0 Å². The molecule has 0 aliphatic carbocycles. The van der Waals surface area contributed by atoms with Gasteiger partial charge in [0.1, 0.15) is 0 Å². The van der Waals surface area contributed by atoms with Crippen molar-refractivity contribution in [3.05, 3.63) is 72.8 Å². The van der Waals surface area contributed by atoms with Crippen LogP contribution < -0.4 is 4.74 Å². The molecule has 0 atom stereocenters. The van der Waals surface area contributed by atoms with Gasteiger partial charge < -0.3 is 9.84 Å². The molecular formula is C21H16O2. The van der Waals surface area contributed by atoms with Crippen LogP contribution in [0.25, 0.3) is 32.7 Å². The molecule has 0 aliphatic heterocycles. The summed E-state index contributed by atoms with van der Waals surface area (Å²) in [4.78, 5) is 0. The van der Waals surface area contributed by atoms with Crippen LogP contribution in [0, 0.1) is 0 Å². The lowest BCUT2D eigenvalue weighted by Crippen LogP contribution is -1.92. The van der Waals surface area contributed by atoms with Crippen LogP contribution in [0.1, 0.15) is 0 Å². The van der Waals surface area contributed by atoms with Gasteiger partial charge in [0, 0.05) is 5.56 Å². The van der Waals surface area contributed by atoms with E-state index in [9.17, 15) is 5.11 Å². The SMILES string of the molecule is COc1c(O)cc2ccccc2c1-c1cccc2ccccc12. The number of rotatable bonds is 2. The molecule has 0 unspecified atom stereocenters. The number of phenolic OH excluding ortho intramolecular Hbond substituents is 1. The van der Waals surface area contributed by atoms with E-state index in [0.29, 0.717) is 5.75 Å². The standard InChI is InChI=1S/C21H16O2/c1-23-21-19(22)13-15-8-3-5-11-17(15)20(21)18-12-6-9-14-7-2-4-10-16(14)18/h2-13,22H,1H3. The van der Waals surface area contributed by atoms with Crippen LogP contribution in [0.3, 0.4) is 0 Å². The van der Waals surface area contributed by atoms with Gasteiger partial charge in [-0.3, -0.25) is 0 Å². The first-order valence-electron chi connectivity index (χ1n) is 7.56. The van der Waals surface area contributed by atoms with Crippen LogP contribution in [0.15, 0.2) is 72.8 Å². The first kappa shape index (κ1) is 13.6. The Balaban J connectivity index is 2.19. The molecule has 23 heavy (non-hydrogen) atoms. The fourth-order valence-corrected chi connectivity index (χ4v) is 3.23. The second-order valence-corrected chi connectivity index (χ2v) is 5.55. The van der Waals surface area contributed by atoms with Crippen molar-refractivity contribution in [2.24, 2.45) is 0 Å². The lowest BCUT2D eigenvalue weighted by atomic mass is 9.93. The molecule has 4 aromatic carbocycles. The number of phenols is 1. The molecule has 4 aromatic rings. The maximum atomic E-state index is 10.4. The van der Waals surface area contributed by atoms with Crippen molar-refractivity contribution in [2.75, 3.05) is 7.11 Å². The highest BCUT2D eigenvalue weighted by atomic mass is 16.5. The maximum absolute atomic E-state index is 10.4. The summed E-state index contributed by atoms with van der Waals surface area (Å²) in [6, 6.07) is 24.3. The van der Waals surface area contributed by atoms with Crippen molar-refractivity contribution < 1.29 is 9.84 Å². The van der Waals surface area contributed by atoms with Crippen molar-refractivity contribution >= 4 is 21.5 Å². The summed E-state index contributed by atoms with van der Waals surface area (Å²) < 4.78 is 5.54. The van der Waals surface area contributed by atoms with E-state index in [-0.39, 0.29) is 5.75 Å². The van der Waals surface area contributed by atoms with Gasteiger partial charge in [-0.2, -0.15) is 0 Å².